The molecular formula is C17H24NO2. The molecule has 1 saturated heterocycles. The van der Waals surface area contributed by atoms with E-state index in [4.69, 9.17) is 4.84 Å². The second-order valence-corrected chi connectivity index (χ2v) is 6.71. The van der Waals surface area contributed by atoms with Crippen molar-refractivity contribution < 1.29 is 9.94 Å². The zero-order valence-corrected chi connectivity index (χ0v) is 12.8. The van der Waals surface area contributed by atoms with E-state index in [0.29, 0.717) is 5.57 Å². The van der Waals surface area contributed by atoms with E-state index in [1.54, 1.807) is 12.2 Å². The molecule has 0 saturated carbocycles. The molecule has 0 amide bonds. The van der Waals surface area contributed by atoms with E-state index in [1.807, 2.05) is 29.4 Å². The van der Waals surface area contributed by atoms with Gasteiger partial charge in [-0.05, 0) is 59.1 Å². The lowest BCUT2D eigenvalue weighted by atomic mass is 9.82. The predicted octanol–water partition coefficient (Wildman–Crippen LogP) is 4.29. The van der Waals surface area contributed by atoms with Gasteiger partial charge in [0.1, 0.15) is 0 Å². The molecule has 0 atom stereocenters. The first-order chi connectivity index (χ1) is 9.33. The van der Waals surface area contributed by atoms with Crippen molar-refractivity contribution in [1.82, 2.24) is 5.06 Å². The number of nitrogens with zero attached hydrogens (tertiary/aromatic N) is 1. The molecule has 2 rings (SSSR count). The lowest BCUT2D eigenvalue weighted by Gasteiger charge is -2.50. The van der Waals surface area contributed by atoms with Gasteiger partial charge in [0.05, 0.1) is 16.7 Å². The first-order valence-electron chi connectivity index (χ1n) is 7.24. The summed E-state index contributed by atoms with van der Waals surface area (Å²) in [7, 11) is 0. The Morgan fingerprint density at radius 1 is 1.00 bits per heavy atom. The van der Waals surface area contributed by atoms with Crippen LogP contribution in [0.25, 0.3) is 0 Å². The van der Waals surface area contributed by atoms with E-state index in [9.17, 15) is 5.11 Å². The molecule has 1 fully saturated rings. The molecule has 1 radical (unpaired) electrons. The average molecular weight is 274 g/mol. The SMILES string of the molecule is CC1(C)CCCC(C)(C)N1OC([O])=C1C=CC=CC=C1. The molecule has 0 aromatic rings. The molecule has 3 nitrogen and oxygen atoms in total. The Labute approximate surface area is 121 Å². The van der Waals surface area contributed by atoms with Gasteiger partial charge in [-0.15, -0.1) is 5.06 Å². The summed E-state index contributed by atoms with van der Waals surface area (Å²) in [4.78, 5) is 5.74. The third-order valence-electron chi connectivity index (χ3n) is 3.97. The Hall–Kier alpha value is -1.48. The topological polar surface area (TPSA) is 32.4 Å². The fourth-order valence-corrected chi connectivity index (χ4v) is 3.00. The standard InChI is InChI=1S/C17H24NO2/c1-16(2)12-9-13-17(3,4)18(16)20-15(19)14-10-7-5-6-8-11-14/h5-8,10-11H,9,12-13H2,1-4H3. The largest absolute Gasteiger partial charge is 0.363 e. The van der Waals surface area contributed by atoms with Crippen molar-refractivity contribution >= 4 is 0 Å². The second-order valence-electron chi connectivity index (χ2n) is 6.71. The van der Waals surface area contributed by atoms with Crippen molar-refractivity contribution in [3.05, 3.63) is 48.0 Å². The van der Waals surface area contributed by atoms with E-state index < -0.39 is 0 Å². The molecule has 1 aliphatic carbocycles. The summed E-state index contributed by atoms with van der Waals surface area (Å²) in [5, 5.41) is 14.3. The van der Waals surface area contributed by atoms with Crippen LogP contribution in [-0.2, 0) is 9.94 Å². The van der Waals surface area contributed by atoms with Crippen LogP contribution in [0, 0.1) is 0 Å². The molecule has 0 spiro atoms. The van der Waals surface area contributed by atoms with Gasteiger partial charge >= 0.3 is 5.95 Å². The van der Waals surface area contributed by atoms with Crippen LogP contribution in [0.2, 0.25) is 0 Å². The molecule has 0 aromatic carbocycles. The van der Waals surface area contributed by atoms with Gasteiger partial charge in [-0.2, -0.15) is 0 Å². The van der Waals surface area contributed by atoms with E-state index in [0.717, 1.165) is 19.3 Å². The van der Waals surface area contributed by atoms with E-state index in [-0.39, 0.29) is 17.0 Å². The van der Waals surface area contributed by atoms with Crippen LogP contribution in [0.3, 0.4) is 0 Å². The zero-order chi connectivity index (χ0) is 14.8. The highest BCUT2D eigenvalue weighted by atomic mass is 16.7. The van der Waals surface area contributed by atoms with Crippen molar-refractivity contribution in [2.45, 2.75) is 58.0 Å². The molecule has 0 aromatic heterocycles. The van der Waals surface area contributed by atoms with Gasteiger partial charge in [-0.3, -0.25) is 0 Å². The maximum absolute atomic E-state index is 12.4. The van der Waals surface area contributed by atoms with E-state index >= 15 is 0 Å². The molecular weight excluding hydrogens is 250 g/mol. The first kappa shape index (κ1) is 14.9. The molecule has 1 heterocycles. The van der Waals surface area contributed by atoms with Crippen LogP contribution in [0.5, 0.6) is 0 Å². The minimum absolute atomic E-state index is 0.131. The molecule has 1 aliphatic heterocycles. The second kappa shape index (κ2) is 5.49. The smallest absolute Gasteiger partial charge is 0.357 e. The van der Waals surface area contributed by atoms with Gasteiger partial charge in [0.15, 0.2) is 0 Å². The highest BCUT2D eigenvalue weighted by Crippen LogP contribution is 2.39. The van der Waals surface area contributed by atoms with Crippen LogP contribution in [0.15, 0.2) is 48.0 Å². The average Bonchev–Trinajstić information content (AvgIpc) is 2.62. The normalized spacial score (nSPS) is 24.5. The van der Waals surface area contributed by atoms with Crippen LogP contribution in [0.4, 0.5) is 0 Å². The molecule has 0 N–H and O–H groups in total. The van der Waals surface area contributed by atoms with Crippen molar-refractivity contribution in [3.63, 3.8) is 0 Å². The number of allylic oxidation sites excluding steroid dienone is 7. The lowest BCUT2D eigenvalue weighted by Crippen LogP contribution is -2.58. The molecule has 2 aliphatic rings. The Kier molecular flexibility index (Phi) is 4.09. The van der Waals surface area contributed by atoms with Crippen LogP contribution >= 0.6 is 0 Å². The summed E-state index contributed by atoms with van der Waals surface area (Å²) in [6, 6.07) is 0. The van der Waals surface area contributed by atoms with Gasteiger partial charge in [0.2, 0.25) is 0 Å². The van der Waals surface area contributed by atoms with Crippen LogP contribution in [0.1, 0.15) is 47.0 Å². The molecule has 3 heteroatoms. The molecule has 0 unspecified atom stereocenters. The molecule has 0 bridgehead atoms. The van der Waals surface area contributed by atoms with E-state index in [2.05, 4.69) is 27.7 Å². The third kappa shape index (κ3) is 3.15. The lowest BCUT2D eigenvalue weighted by molar-refractivity contribution is -0.281. The number of hydrogen-bond donors (Lipinski definition) is 0. The maximum atomic E-state index is 12.4. The minimum atomic E-state index is -0.288. The fraction of sp³-hybridized carbons (Fsp3) is 0.529. The van der Waals surface area contributed by atoms with Crippen molar-refractivity contribution in [3.8, 4) is 0 Å². The van der Waals surface area contributed by atoms with Gasteiger partial charge in [-0.1, -0.05) is 24.3 Å². The Balaban J connectivity index is 2.24. The highest BCUT2D eigenvalue weighted by molar-refractivity contribution is 5.37. The maximum Gasteiger partial charge on any atom is 0.357 e. The van der Waals surface area contributed by atoms with Crippen molar-refractivity contribution in [1.29, 1.82) is 0 Å². The summed E-state index contributed by atoms with van der Waals surface area (Å²) < 4.78 is 0. The van der Waals surface area contributed by atoms with Crippen molar-refractivity contribution in [2.24, 2.45) is 0 Å². The summed E-state index contributed by atoms with van der Waals surface area (Å²) >= 11 is 0. The monoisotopic (exact) mass is 274 g/mol. The van der Waals surface area contributed by atoms with Gasteiger partial charge in [0, 0.05) is 0 Å². The predicted molar refractivity (Wildman–Crippen MR) is 80.1 cm³/mol. The third-order valence-corrected chi connectivity index (χ3v) is 3.97. The zero-order valence-electron chi connectivity index (χ0n) is 12.8. The number of hydroxylamine groups is 2. The fourth-order valence-electron chi connectivity index (χ4n) is 3.00. The summed E-state index contributed by atoms with van der Waals surface area (Å²) in [5.41, 5.74) is 0.315. The number of hydrogen-bond acceptors (Lipinski definition) is 2. The Bertz CT molecular complexity index is 447. The summed E-state index contributed by atoms with van der Waals surface area (Å²) in [6.45, 7) is 8.52. The first-order valence-corrected chi connectivity index (χ1v) is 7.24. The van der Waals surface area contributed by atoms with E-state index in [1.165, 1.54) is 0 Å². The minimum Gasteiger partial charge on any atom is -0.363 e. The van der Waals surface area contributed by atoms with Crippen LogP contribution in [-0.4, -0.2) is 16.1 Å². The number of rotatable bonds is 2. The Morgan fingerprint density at radius 3 is 2.00 bits per heavy atom. The number of piperidine rings is 1. The summed E-state index contributed by atoms with van der Waals surface area (Å²) in [6.07, 6.45) is 14.3. The Morgan fingerprint density at radius 2 is 1.50 bits per heavy atom. The van der Waals surface area contributed by atoms with Crippen LogP contribution < -0.4 is 0 Å². The highest BCUT2D eigenvalue weighted by Gasteiger charge is 2.44. The van der Waals surface area contributed by atoms with Crippen molar-refractivity contribution in [2.75, 3.05) is 0 Å². The van der Waals surface area contributed by atoms with Gasteiger partial charge < -0.3 is 4.84 Å². The molecule has 20 heavy (non-hydrogen) atoms. The van der Waals surface area contributed by atoms with Gasteiger partial charge in [0.25, 0.3) is 0 Å². The molecule has 109 valence electrons. The quantitative estimate of drug-likeness (QED) is 0.704. The summed E-state index contributed by atoms with van der Waals surface area (Å²) in [5.74, 6) is -0.288. The van der Waals surface area contributed by atoms with Gasteiger partial charge in [-0.25, -0.2) is 5.11 Å².